The van der Waals surface area contributed by atoms with Gasteiger partial charge in [0.25, 0.3) is 0 Å². The standard InChI is InChI=1S/C9H16ClNO/c1-6(2)12-9-8(10)7(3)4-5-11-9/h6,8-9,11H,3-5H2,1-2H3. The second-order valence-electron chi connectivity index (χ2n) is 3.37. The van der Waals surface area contributed by atoms with Crippen LogP contribution in [0.3, 0.4) is 0 Å². The fourth-order valence-electron chi connectivity index (χ4n) is 1.24. The molecule has 2 nitrogen and oxygen atoms in total. The van der Waals surface area contributed by atoms with Crippen molar-refractivity contribution in [2.24, 2.45) is 0 Å². The quantitative estimate of drug-likeness (QED) is 0.529. The average molecular weight is 190 g/mol. The third-order valence-corrected chi connectivity index (χ3v) is 2.40. The molecule has 1 saturated heterocycles. The Morgan fingerprint density at radius 1 is 1.67 bits per heavy atom. The molecule has 2 atom stereocenters. The summed E-state index contributed by atoms with van der Waals surface area (Å²) in [6.45, 7) is 8.82. The van der Waals surface area contributed by atoms with E-state index in [1.54, 1.807) is 0 Å². The Kier molecular flexibility index (Phi) is 3.56. The lowest BCUT2D eigenvalue weighted by Crippen LogP contribution is -2.46. The van der Waals surface area contributed by atoms with E-state index >= 15 is 0 Å². The summed E-state index contributed by atoms with van der Waals surface area (Å²) in [5.41, 5.74) is 1.07. The molecule has 3 heteroatoms. The van der Waals surface area contributed by atoms with Crippen LogP contribution in [0.25, 0.3) is 0 Å². The van der Waals surface area contributed by atoms with E-state index in [1.165, 1.54) is 0 Å². The van der Waals surface area contributed by atoms with Gasteiger partial charge in [0.1, 0.15) is 6.23 Å². The van der Waals surface area contributed by atoms with Crippen LogP contribution in [0, 0.1) is 0 Å². The maximum absolute atomic E-state index is 6.09. The summed E-state index contributed by atoms with van der Waals surface area (Å²) in [5.74, 6) is 0. The molecule has 1 fully saturated rings. The molecule has 0 aromatic carbocycles. The van der Waals surface area contributed by atoms with Gasteiger partial charge in [-0.25, -0.2) is 0 Å². The number of piperidine rings is 1. The van der Waals surface area contributed by atoms with Crippen molar-refractivity contribution < 1.29 is 4.74 Å². The number of rotatable bonds is 2. The Balaban J connectivity index is 2.46. The summed E-state index contributed by atoms with van der Waals surface area (Å²) < 4.78 is 5.57. The average Bonchev–Trinajstić information content (AvgIpc) is 1.98. The second kappa shape index (κ2) is 4.26. The lowest BCUT2D eigenvalue weighted by atomic mass is 10.1. The van der Waals surface area contributed by atoms with Gasteiger partial charge in [0.15, 0.2) is 0 Å². The minimum Gasteiger partial charge on any atom is -0.359 e. The van der Waals surface area contributed by atoms with E-state index < -0.39 is 0 Å². The predicted molar refractivity (Wildman–Crippen MR) is 51.4 cm³/mol. The van der Waals surface area contributed by atoms with Gasteiger partial charge in [0.2, 0.25) is 0 Å². The van der Waals surface area contributed by atoms with E-state index in [-0.39, 0.29) is 17.7 Å². The SMILES string of the molecule is C=C1CCNC(OC(C)C)C1Cl. The molecule has 1 heterocycles. The van der Waals surface area contributed by atoms with Crippen LogP contribution < -0.4 is 5.32 Å². The van der Waals surface area contributed by atoms with Gasteiger partial charge in [-0.15, -0.1) is 11.6 Å². The van der Waals surface area contributed by atoms with Crippen molar-refractivity contribution in [2.75, 3.05) is 6.54 Å². The minimum atomic E-state index is -0.0823. The highest BCUT2D eigenvalue weighted by Gasteiger charge is 2.26. The van der Waals surface area contributed by atoms with Gasteiger partial charge < -0.3 is 4.74 Å². The normalized spacial score (nSPS) is 31.2. The minimum absolute atomic E-state index is 0.0621. The molecule has 0 spiro atoms. The molecule has 0 saturated carbocycles. The number of halogens is 1. The summed E-state index contributed by atoms with van der Waals surface area (Å²) in [6, 6.07) is 0. The van der Waals surface area contributed by atoms with Crippen LogP contribution in [-0.4, -0.2) is 24.3 Å². The summed E-state index contributed by atoms with van der Waals surface area (Å²) in [5, 5.41) is 3.13. The van der Waals surface area contributed by atoms with Crippen LogP contribution in [-0.2, 0) is 4.74 Å². The lowest BCUT2D eigenvalue weighted by Gasteiger charge is -2.31. The van der Waals surface area contributed by atoms with Gasteiger partial charge in [-0.1, -0.05) is 12.2 Å². The van der Waals surface area contributed by atoms with Crippen LogP contribution in [0.1, 0.15) is 20.3 Å². The third kappa shape index (κ3) is 2.47. The van der Waals surface area contributed by atoms with Crippen molar-refractivity contribution in [3.05, 3.63) is 12.2 Å². The largest absolute Gasteiger partial charge is 0.359 e. The predicted octanol–water partition coefficient (Wildman–Crippen LogP) is 1.89. The molecule has 0 aromatic rings. The topological polar surface area (TPSA) is 21.3 Å². The van der Waals surface area contributed by atoms with Gasteiger partial charge in [-0.2, -0.15) is 0 Å². The maximum Gasteiger partial charge on any atom is 0.128 e. The molecule has 0 aromatic heterocycles. The highest BCUT2D eigenvalue weighted by Crippen LogP contribution is 2.21. The number of alkyl halides is 1. The van der Waals surface area contributed by atoms with Gasteiger partial charge >= 0.3 is 0 Å². The first-order valence-electron chi connectivity index (χ1n) is 4.32. The van der Waals surface area contributed by atoms with Crippen molar-refractivity contribution >= 4 is 11.6 Å². The van der Waals surface area contributed by atoms with E-state index in [2.05, 4.69) is 11.9 Å². The molecule has 0 amide bonds. The van der Waals surface area contributed by atoms with Crippen LogP contribution in [0.15, 0.2) is 12.2 Å². The second-order valence-corrected chi connectivity index (χ2v) is 3.84. The number of hydrogen-bond acceptors (Lipinski definition) is 2. The van der Waals surface area contributed by atoms with E-state index in [4.69, 9.17) is 16.3 Å². The first-order chi connectivity index (χ1) is 5.61. The molecule has 70 valence electrons. The number of ether oxygens (including phenoxy) is 1. The molecule has 1 rings (SSSR count). The zero-order chi connectivity index (χ0) is 9.14. The zero-order valence-electron chi connectivity index (χ0n) is 7.64. The van der Waals surface area contributed by atoms with Crippen molar-refractivity contribution in [3.8, 4) is 0 Å². The zero-order valence-corrected chi connectivity index (χ0v) is 8.40. The fourth-order valence-corrected chi connectivity index (χ4v) is 1.50. The summed E-state index contributed by atoms with van der Waals surface area (Å²) in [6.07, 6.45) is 1.09. The number of hydrogen-bond donors (Lipinski definition) is 1. The van der Waals surface area contributed by atoms with Crippen molar-refractivity contribution in [2.45, 2.75) is 38.0 Å². The van der Waals surface area contributed by atoms with Crippen molar-refractivity contribution in [1.29, 1.82) is 0 Å². The third-order valence-electron chi connectivity index (χ3n) is 1.87. The Morgan fingerprint density at radius 2 is 2.33 bits per heavy atom. The maximum atomic E-state index is 6.09. The van der Waals surface area contributed by atoms with Gasteiger partial charge in [0, 0.05) is 6.54 Å². The van der Waals surface area contributed by atoms with E-state index in [0.29, 0.717) is 0 Å². The van der Waals surface area contributed by atoms with Crippen LogP contribution in [0.5, 0.6) is 0 Å². The van der Waals surface area contributed by atoms with Crippen LogP contribution in [0.4, 0.5) is 0 Å². The van der Waals surface area contributed by atoms with Crippen LogP contribution >= 0.6 is 11.6 Å². The van der Waals surface area contributed by atoms with E-state index in [0.717, 1.165) is 18.5 Å². The molecule has 0 aliphatic carbocycles. The molecule has 1 aliphatic heterocycles. The molecule has 1 N–H and O–H groups in total. The van der Waals surface area contributed by atoms with Gasteiger partial charge in [-0.3, -0.25) is 5.32 Å². The molecule has 2 unspecified atom stereocenters. The number of nitrogens with one attached hydrogen (secondary N) is 1. The molecule has 0 radical (unpaired) electrons. The summed E-state index contributed by atoms with van der Waals surface area (Å²) in [4.78, 5) is 0. The molecule has 1 aliphatic rings. The summed E-state index contributed by atoms with van der Waals surface area (Å²) in [7, 11) is 0. The monoisotopic (exact) mass is 189 g/mol. The first kappa shape index (κ1) is 10.0. The highest BCUT2D eigenvalue weighted by molar-refractivity contribution is 6.22. The van der Waals surface area contributed by atoms with E-state index in [1.807, 2.05) is 13.8 Å². The smallest absolute Gasteiger partial charge is 0.128 e. The van der Waals surface area contributed by atoms with Gasteiger partial charge in [-0.05, 0) is 20.3 Å². The Morgan fingerprint density at radius 3 is 2.92 bits per heavy atom. The molecular formula is C9H16ClNO. The Labute approximate surface area is 78.9 Å². The Hall–Kier alpha value is -0.0500. The van der Waals surface area contributed by atoms with Crippen LogP contribution in [0.2, 0.25) is 0 Å². The van der Waals surface area contributed by atoms with Crippen molar-refractivity contribution in [3.63, 3.8) is 0 Å². The van der Waals surface area contributed by atoms with Crippen molar-refractivity contribution in [1.82, 2.24) is 5.32 Å². The Bertz CT molecular complexity index is 170. The molecule has 0 bridgehead atoms. The summed E-state index contributed by atoms with van der Waals surface area (Å²) >= 11 is 6.09. The fraction of sp³-hybridized carbons (Fsp3) is 0.778. The lowest BCUT2D eigenvalue weighted by molar-refractivity contribution is -0.0144. The highest BCUT2D eigenvalue weighted by atomic mass is 35.5. The van der Waals surface area contributed by atoms with E-state index in [9.17, 15) is 0 Å². The molecular weight excluding hydrogens is 174 g/mol. The molecule has 12 heavy (non-hydrogen) atoms. The first-order valence-corrected chi connectivity index (χ1v) is 4.75. The van der Waals surface area contributed by atoms with Gasteiger partial charge in [0.05, 0.1) is 11.5 Å².